The van der Waals surface area contributed by atoms with E-state index in [1.165, 1.54) is 0 Å². The smallest absolute Gasteiger partial charge is 0.241 e. The van der Waals surface area contributed by atoms with Crippen molar-refractivity contribution < 1.29 is 9.21 Å². The summed E-state index contributed by atoms with van der Waals surface area (Å²) in [5, 5.41) is 9.86. The number of likely N-dealkylation sites (N-methyl/N-ethyl adjacent to an activating group) is 1. The van der Waals surface area contributed by atoms with Gasteiger partial charge in [-0.25, -0.2) is 0 Å². The van der Waals surface area contributed by atoms with Crippen molar-refractivity contribution >= 4 is 11.6 Å². The molecule has 1 amide bonds. The van der Waals surface area contributed by atoms with Crippen LogP contribution in [0, 0.1) is 0 Å². The van der Waals surface area contributed by atoms with Gasteiger partial charge in [-0.15, -0.1) is 0 Å². The first kappa shape index (κ1) is 13.2. The molecular formula is C13H18N4O2. The number of amides is 1. The van der Waals surface area contributed by atoms with Gasteiger partial charge in [-0.05, 0) is 12.1 Å². The molecule has 6 nitrogen and oxygen atoms in total. The maximum Gasteiger partial charge on any atom is 0.241 e. The van der Waals surface area contributed by atoms with Gasteiger partial charge in [0.15, 0.2) is 0 Å². The van der Waals surface area contributed by atoms with Gasteiger partial charge in [-0.1, -0.05) is 6.92 Å². The van der Waals surface area contributed by atoms with E-state index in [-0.39, 0.29) is 12.5 Å². The van der Waals surface area contributed by atoms with Gasteiger partial charge in [0.25, 0.3) is 0 Å². The zero-order valence-corrected chi connectivity index (χ0v) is 11.1. The number of nitrogens with zero attached hydrogens (tertiary/aromatic N) is 2. The van der Waals surface area contributed by atoms with Crippen molar-refractivity contribution in [2.75, 3.05) is 12.4 Å². The molecule has 19 heavy (non-hydrogen) atoms. The van der Waals surface area contributed by atoms with E-state index in [1.54, 1.807) is 24.1 Å². The summed E-state index contributed by atoms with van der Waals surface area (Å²) in [5.41, 5.74) is 0.860. The van der Waals surface area contributed by atoms with E-state index in [4.69, 9.17) is 4.42 Å². The van der Waals surface area contributed by atoms with Crippen molar-refractivity contribution in [2.24, 2.45) is 0 Å². The van der Waals surface area contributed by atoms with Crippen LogP contribution in [0.3, 0.4) is 0 Å². The summed E-state index contributed by atoms with van der Waals surface area (Å²) in [5.74, 6) is 1.79. The lowest BCUT2D eigenvalue weighted by molar-refractivity contribution is -0.121. The van der Waals surface area contributed by atoms with E-state index in [0.29, 0.717) is 6.54 Å². The maximum absolute atomic E-state index is 11.2. The van der Waals surface area contributed by atoms with Crippen LogP contribution in [0.2, 0.25) is 0 Å². The molecule has 0 bridgehead atoms. The molecule has 0 radical (unpaired) electrons. The second kappa shape index (κ2) is 6.08. The number of anilines is 1. The van der Waals surface area contributed by atoms with E-state index in [1.807, 2.05) is 12.1 Å². The lowest BCUT2D eigenvalue weighted by atomic mass is 10.3. The quantitative estimate of drug-likeness (QED) is 0.825. The Morgan fingerprint density at radius 1 is 1.42 bits per heavy atom. The minimum atomic E-state index is -0.0757. The number of aromatic nitrogens is 2. The van der Waals surface area contributed by atoms with Gasteiger partial charge in [0.2, 0.25) is 5.91 Å². The van der Waals surface area contributed by atoms with Crippen LogP contribution in [0.25, 0.3) is 0 Å². The molecule has 2 aromatic rings. The molecule has 0 saturated carbocycles. The van der Waals surface area contributed by atoms with Crippen LogP contribution in [0.15, 0.2) is 28.9 Å². The predicted octanol–water partition coefficient (Wildman–Crippen LogP) is 1.40. The average molecular weight is 262 g/mol. The van der Waals surface area contributed by atoms with Crippen molar-refractivity contribution in [1.29, 1.82) is 0 Å². The van der Waals surface area contributed by atoms with Crippen molar-refractivity contribution in [3.8, 4) is 0 Å². The normalized spacial score (nSPS) is 10.4. The van der Waals surface area contributed by atoms with Crippen LogP contribution in [0.4, 0.5) is 5.69 Å². The van der Waals surface area contributed by atoms with Crippen molar-refractivity contribution in [3.63, 3.8) is 0 Å². The third-order valence-electron chi connectivity index (χ3n) is 2.75. The topological polar surface area (TPSA) is 72.1 Å². The fraction of sp³-hybridized carbons (Fsp3) is 0.385. The molecule has 0 aliphatic carbocycles. The highest BCUT2D eigenvalue weighted by Gasteiger charge is 2.04. The lowest BCUT2D eigenvalue weighted by Gasteiger charge is -2.01. The second-order valence-corrected chi connectivity index (χ2v) is 4.17. The highest BCUT2D eigenvalue weighted by atomic mass is 16.3. The van der Waals surface area contributed by atoms with Crippen LogP contribution in [0.1, 0.15) is 18.4 Å². The fourth-order valence-corrected chi connectivity index (χ4v) is 1.66. The van der Waals surface area contributed by atoms with E-state index in [0.717, 1.165) is 23.6 Å². The van der Waals surface area contributed by atoms with Crippen LogP contribution >= 0.6 is 0 Å². The van der Waals surface area contributed by atoms with Gasteiger partial charge < -0.3 is 15.1 Å². The molecule has 2 heterocycles. The predicted molar refractivity (Wildman–Crippen MR) is 71.7 cm³/mol. The Bertz CT molecular complexity index is 544. The second-order valence-electron chi connectivity index (χ2n) is 4.17. The molecule has 2 N–H and O–H groups in total. The van der Waals surface area contributed by atoms with Crippen LogP contribution in [-0.2, 0) is 24.3 Å². The first-order valence-electron chi connectivity index (χ1n) is 6.25. The Hall–Kier alpha value is -2.24. The number of rotatable bonds is 6. The molecule has 0 unspecified atom stereocenters. The average Bonchev–Trinajstić information content (AvgIpc) is 3.05. The van der Waals surface area contributed by atoms with Gasteiger partial charge in [-0.3, -0.25) is 9.48 Å². The van der Waals surface area contributed by atoms with Gasteiger partial charge >= 0.3 is 0 Å². The Kier molecular flexibility index (Phi) is 4.22. The molecule has 0 aliphatic heterocycles. The number of carbonyl (C=O) groups excluding carboxylic acids is 1. The highest BCUT2D eigenvalue weighted by molar-refractivity contribution is 5.75. The monoisotopic (exact) mass is 262 g/mol. The molecule has 0 saturated heterocycles. The third kappa shape index (κ3) is 3.61. The van der Waals surface area contributed by atoms with Gasteiger partial charge in [-0.2, -0.15) is 5.10 Å². The van der Waals surface area contributed by atoms with Gasteiger partial charge in [0, 0.05) is 19.7 Å². The number of hydrogen-bond acceptors (Lipinski definition) is 4. The van der Waals surface area contributed by atoms with E-state index < -0.39 is 0 Å². The zero-order chi connectivity index (χ0) is 13.7. The first-order chi connectivity index (χ1) is 9.21. The van der Waals surface area contributed by atoms with Crippen LogP contribution in [-0.4, -0.2) is 22.7 Å². The summed E-state index contributed by atoms with van der Waals surface area (Å²) in [6, 6.07) is 3.94. The number of carbonyl (C=O) groups is 1. The Morgan fingerprint density at radius 2 is 2.21 bits per heavy atom. The van der Waals surface area contributed by atoms with E-state index in [2.05, 4.69) is 22.7 Å². The minimum Gasteiger partial charge on any atom is -0.464 e. The van der Waals surface area contributed by atoms with E-state index in [9.17, 15) is 4.79 Å². The molecule has 2 aromatic heterocycles. The van der Waals surface area contributed by atoms with Gasteiger partial charge in [0.1, 0.15) is 18.1 Å². The number of nitrogens with one attached hydrogen (secondary N) is 2. The van der Waals surface area contributed by atoms with Gasteiger partial charge in [0.05, 0.1) is 18.4 Å². The molecule has 2 rings (SSSR count). The molecular weight excluding hydrogens is 244 g/mol. The number of furan rings is 1. The Labute approximate surface area is 111 Å². The maximum atomic E-state index is 11.2. The van der Waals surface area contributed by atoms with Crippen molar-refractivity contribution in [1.82, 2.24) is 15.1 Å². The SMILES string of the molecule is CCc1ccc(CNc2cnn(CC(=O)NC)c2)o1. The van der Waals surface area contributed by atoms with Crippen LogP contribution in [0.5, 0.6) is 0 Å². The molecule has 6 heteroatoms. The number of hydrogen-bond donors (Lipinski definition) is 2. The summed E-state index contributed by atoms with van der Waals surface area (Å²) < 4.78 is 7.17. The molecule has 0 spiro atoms. The standard InChI is InChI=1S/C13H18N4O2/c1-3-11-4-5-12(19-11)7-15-10-6-16-17(8-10)9-13(18)14-2/h4-6,8,15H,3,7,9H2,1-2H3,(H,14,18). The largest absolute Gasteiger partial charge is 0.464 e. The highest BCUT2D eigenvalue weighted by Crippen LogP contribution is 2.11. The Morgan fingerprint density at radius 3 is 2.89 bits per heavy atom. The fourth-order valence-electron chi connectivity index (χ4n) is 1.66. The Balaban J connectivity index is 1.87. The first-order valence-corrected chi connectivity index (χ1v) is 6.25. The summed E-state index contributed by atoms with van der Waals surface area (Å²) >= 11 is 0. The molecule has 0 aliphatic rings. The van der Waals surface area contributed by atoms with E-state index >= 15 is 0 Å². The summed E-state index contributed by atoms with van der Waals surface area (Å²) in [6.45, 7) is 2.88. The van der Waals surface area contributed by atoms with Crippen molar-refractivity contribution in [3.05, 3.63) is 36.0 Å². The van der Waals surface area contributed by atoms with Crippen molar-refractivity contribution in [2.45, 2.75) is 26.4 Å². The molecule has 102 valence electrons. The molecule has 0 fully saturated rings. The molecule has 0 aromatic carbocycles. The third-order valence-corrected chi connectivity index (χ3v) is 2.75. The van der Waals surface area contributed by atoms with Crippen LogP contribution < -0.4 is 10.6 Å². The minimum absolute atomic E-state index is 0.0757. The molecule has 0 atom stereocenters. The number of aryl methyl sites for hydroxylation is 1. The lowest BCUT2D eigenvalue weighted by Crippen LogP contribution is -2.23. The zero-order valence-electron chi connectivity index (χ0n) is 11.1. The summed E-state index contributed by atoms with van der Waals surface area (Å²) in [7, 11) is 1.60. The summed E-state index contributed by atoms with van der Waals surface area (Å²) in [6.07, 6.45) is 4.37. The summed E-state index contributed by atoms with van der Waals surface area (Å²) in [4.78, 5) is 11.2.